The van der Waals surface area contributed by atoms with Gasteiger partial charge in [0.2, 0.25) is 0 Å². The molecule has 0 aromatic heterocycles. The largest absolute Gasteiger partial charge is 0.384 e. The highest BCUT2D eigenvalue weighted by molar-refractivity contribution is 5.98. The summed E-state index contributed by atoms with van der Waals surface area (Å²) in [5.41, 5.74) is 6.04. The van der Waals surface area contributed by atoms with Gasteiger partial charge in [0.1, 0.15) is 5.82 Å². The maximum Gasteiger partial charge on any atom is 0.250 e. The Balaban J connectivity index is 1.80. The number of rotatable bonds is 6. The molecule has 0 saturated carbocycles. The van der Waals surface area contributed by atoms with E-state index in [0.717, 1.165) is 45.7 Å². The summed E-state index contributed by atoms with van der Waals surface area (Å²) < 4.78 is 13.1. The van der Waals surface area contributed by atoms with Crippen LogP contribution >= 0.6 is 0 Å². The second-order valence-electron chi connectivity index (χ2n) is 4.93. The molecule has 1 heterocycles. The zero-order valence-corrected chi connectivity index (χ0v) is 11.5. The Morgan fingerprint density at radius 1 is 1.40 bits per heavy atom. The monoisotopic (exact) mass is 280 g/mol. The van der Waals surface area contributed by atoms with Gasteiger partial charge in [-0.3, -0.25) is 4.79 Å². The maximum absolute atomic E-state index is 13.1. The smallest absolute Gasteiger partial charge is 0.250 e. The van der Waals surface area contributed by atoms with E-state index in [4.69, 9.17) is 5.73 Å². The molecule has 0 atom stereocenters. The second-order valence-corrected chi connectivity index (χ2v) is 4.93. The molecule has 1 aliphatic heterocycles. The van der Waals surface area contributed by atoms with Gasteiger partial charge in [0.15, 0.2) is 0 Å². The summed E-state index contributed by atoms with van der Waals surface area (Å²) in [6.45, 7) is 5.97. The number of halogens is 1. The second kappa shape index (κ2) is 7.21. The van der Waals surface area contributed by atoms with Crippen LogP contribution in [0.4, 0.5) is 10.1 Å². The van der Waals surface area contributed by atoms with Crippen molar-refractivity contribution in [3.8, 4) is 0 Å². The highest BCUT2D eigenvalue weighted by Gasteiger charge is 2.10. The Morgan fingerprint density at radius 3 is 2.85 bits per heavy atom. The van der Waals surface area contributed by atoms with Crippen molar-refractivity contribution >= 4 is 11.6 Å². The number of nitrogens with zero attached hydrogens (tertiary/aromatic N) is 1. The van der Waals surface area contributed by atoms with Gasteiger partial charge in [0.25, 0.3) is 5.91 Å². The fourth-order valence-electron chi connectivity index (χ4n) is 2.33. The van der Waals surface area contributed by atoms with E-state index in [1.54, 1.807) is 6.07 Å². The molecule has 0 unspecified atom stereocenters. The number of hydrogen-bond acceptors (Lipinski definition) is 4. The average Bonchev–Trinajstić information content (AvgIpc) is 2.45. The van der Waals surface area contributed by atoms with E-state index >= 15 is 0 Å². The van der Waals surface area contributed by atoms with E-state index in [9.17, 15) is 9.18 Å². The number of carbonyl (C=O) groups is 1. The van der Waals surface area contributed by atoms with Crippen molar-refractivity contribution < 1.29 is 9.18 Å². The van der Waals surface area contributed by atoms with Gasteiger partial charge in [-0.25, -0.2) is 4.39 Å². The van der Waals surface area contributed by atoms with E-state index in [1.807, 2.05) is 0 Å². The molecular formula is C14H21FN4O. The van der Waals surface area contributed by atoms with Crippen molar-refractivity contribution in [1.82, 2.24) is 10.2 Å². The van der Waals surface area contributed by atoms with Gasteiger partial charge >= 0.3 is 0 Å². The standard InChI is InChI=1S/C14H21FN4O/c15-11-2-3-13(12(10-11)14(16)20)18-4-1-7-19-8-5-17-6-9-19/h2-3,10,17-18H,1,4-9H2,(H2,16,20). The molecule has 0 aliphatic carbocycles. The first-order valence-corrected chi connectivity index (χ1v) is 6.93. The fraction of sp³-hybridized carbons (Fsp3) is 0.500. The van der Waals surface area contributed by atoms with Crippen molar-refractivity contribution in [1.29, 1.82) is 0 Å². The SMILES string of the molecule is NC(=O)c1cc(F)ccc1NCCCN1CCNCC1. The van der Waals surface area contributed by atoms with Crippen molar-refractivity contribution in [3.05, 3.63) is 29.6 Å². The molecule has 1 amide bonds. The lowest BCUT2D eigenvalue weighted by Crippen LogP contribution is -2.44. The predicted octanol–water partition coefficient (Wildman–Crippen LogP) is 0.632. The van der Waals surface area contributed by atoms with Crippen LogP contribution in [0.2, 0.25) is 0 Å². The van der Waals surface area contributed by atoms with Gasteiger partial charge in [-0.05, 0) is 31.2 Å². The van der Waals surface area contributed by atoms with Gasteiger partial charge in [-0.1, -0.05) is 0 Å². The number of carbonyl (C=O) groups excluding carboxylic acids is 1. The molecule has 1 aromatic carbocycles. The van der Waals surface area contributed by atoms with E-state index in [1.165, 1.54) is 12.1 Å². The third kappa shape index (κ3) is 4.18. The van der Waals surface area contributed by atoms with Gasteiger partial charge in [0.05, 0.1) is 5.56 Å². The summed E-state index contributed by atoms with van der Waals surface area (Å²) >= 11 is 0. The zero-order chi connectivity index (χ0) is 14.4. The minimum absolute atomic E-state index is 0.201. The third-order valence-corrected chi connectivity index (χ3v) is 3.42. The van der Waals surface area contributed by atoms with Crippen molar-refractivity contribution in [2.45, 2.75) is 6.42 Å². The molecule has 1 saturated heterocycles. The number of anilines is 1. The number of hydrogen-bond donors (Lipinski definition) is 3. The molecule has 0 spiro atoms. The van der Waals surface area contributed by atoms with Gasteiger partial charge in [-0.15, -0.1) is 0 Å². The van der Waals surface area contributed by atoms with E-state index in [-0.39, 0.29) is 5.56 Å². The number of primary amides is 1. The van der Waals surface area contributed by atoms with E-state index in [0.29, 0.717) is 5.69 Å². The quantitative estimate of drug-likeness (QED) is 0.669. The third-order valence-electron chi connectivity index (χ3n) is 3.42. The molecule has 1 aliphatic rings. The van der Waals surface area contributed by atoms with Crippen LogP contribution in [0.1, 0.15) is 16.8 Å². The summed E-state index contributed by atoms with van der Waals surface area (Å²) in [7, 11) is 0. The molecule has 6 heteroatoms. The number of nitrogens with one attached hydrogen (secondary N) is 2. The number of piperazine rings is 1. The van der Waals surface area contributed by atoms with Crippen LogP contribution in [0, 0.1) is 5.82 Å². The average molecular weight is 280 g/mol. The first-order chi connectivity index (χ1) is 9.66. The van der Waals surface area contributed by atoms with Crippen LogP contribution in [0.3, 0.4) is 0 Å². The fourth-order valence-corrected chi connectivity index (χ4v) is 2.33. The molecule has 1 fully saturated rings. The molecule has 1 aromatic rings. The molecular weight excluding hydrogens is 259 g/mol. The summed E-state index contributed by atoms with van der Waals surface area (Å²) in [6.07, 6.45) is 0.968. The number of benzene rings is 1. The van der Waals surface area contributed by atoms with Gasteiger partial charge < -0.3 is 21.3 Å². The summed E-state index contributed by atoms with van der Waals surface area (Å²) in [5.74, 6) is -1.07. The molecule has 2 rings (SSSR count). The minimum atomic E-state index is -0.617. The molecule has 0 bridgehead atoms. The Hall–Kier alpha value is -1.66. The van der Waals surface area contributed by atoms with Crippen LogP contribution in [0.15, 0.2) is 18.2 Å². The highest BCUT2D eigenvalue weighted by Crippen LogP contribution is 2.16. The lowest BCUT2D eigenvalue weighted by molar-refractivity contribution is 0.100. The summed E-state index contributed by atoms with van der Waals surface area (Å²) in [4.78, 5) is 13.7. The molecule has 20 heavy (non-hydrogen) atoms. The number of amides is 1. The van der Waals surface area contributed by atoms with Crippen LogP contribution in [-0.4, -0.2) is 50.1 Å². The van der Waals surface area contributed by atoms with Gasteiger partial charge in [0, 0.05) is 38.4 Å². The van der Waals surface area contributed by atoms with Crippen molar-refractivity contribution in [2.75, 3.05) is 44.6 Å². The Labute approximate surface area is 118 Å². The lowest BCUT2D eigenvalue weighted by Gasteiger charge is -2.27. The first kappa shape index (κ1) is 14.7. The van der Waals surface area contributed by atoms with Gasteiger partial charge in [-0.2, -0.15) is 0 Å². The maximum atomic E-state index is 13.1. The zero-order valence-electron chi connectivity index (χ0n) is 11.5. The van der Waals surface area contributed by atoms with E-state index < -0.39 is 11.7 Å². The predicted molar refractivity (Wildman–Crippen MR) is 77.3 cm³/mol. The summed E-state index contributed by atoms with van der Waals surface area (Å²) in [5, 5.41) is 6.46. The Kier molecular flexibility index (Phi) is 5.31. The lowest BCUT2D eigenvalue weighted by atomic mass is 10.1. The molecule has 4 N–H and O–H groups in total. The topological polar surface area (TPSA) is 70.4 Å². The van der Waals surface area contributed by atoms with E-state index in [2.05, 4.69) is 15.5 Å². The first-order valence-electron chi connectivity index (χ1n) is 6.93. The minimum Gasteiger partial charge on any atom is -0.384 e. The van der Waals surface area contributed by atoms with Crippen LogP contribution < -0.4 is 16.4 Å². The molecule has 110 valence electrons. The summed E-state index contributed by atoms with van der Waals surface area (Å²) in [6, 6.07) is 4.05. The Morgan fingerprint density at radius 2 is 2.15 bits per heavy atom. The number of nitrogens with two attached hydrogens (primary N) is 1. The highest BCUT2D eigenvalue weighted by atomic mass is 19.1. The van der Waals surface area contributed by atoms with Crippen LogP contribution in [-0.2, 0) is 0 Å². The molecule has 5 nitrogen and oxygen atoms in total. The van der Waals surface area contributed by atoms with Crippen molar-refractivity contribution in [3.63, 3.8) is 0 Å². The van der Waals surface area contributed by atoms with Crippen LogP contribution in [0.5, 0.6) is 0 Å². The molecule has 0 radical (unpaired) electrons. The van der Waals surface area contributed by atoms with Crippen molar-refractivity contribution in [2.24, 2.45) is 5.73 Å². The Bertz CT molecular complexity index is 460. The van der Waals surface area contributed by atoms with Crippen LogP contribution in [0.25, 0.3) is 0 Å². The normalized spacial score (nSPS) is 16.1.